The Balaban J connectivity index is 2.28. The van der Waals surface area contributed by atoms with Gasteiger partial charge >= 0.3 is 0 Å². The van der Waals surface area contributed by atoms with Crippen molar-refractivity contribution in [2.24, 2.45) is 7.05 Å². The van der Waals surface area contributed by atoms with Crippen LogP contribution >= 0.6 is 0 Å². The first-order chi connectivity index (χ1) is 9.36. The molecule has 110 valence electrons. The molecule has 0 aromatic carbocycles. The fraction of sp³-hybridized carbons (Fsp3) is 0.500. The lowest BCUT2D eigenvalue weighted by Gasteiger charge is -2.17. The van der Waals surface area contributed by atoms with E-state index in [0.29, 0.717) is 12.2 Å². The molecule has 0 amide bonds. The number of aromatic nitrogens is 4. The Hall–Kier alpha value is -1.67. The Kier molecular flexibility index (Phi) is 3.96. The van der Waals surface area contributed by atoms with E-state index in [1.807, 2.05) is 13.0 Å². The van der Waals surface area contributed by atoms with Gasteiger partial charge in [-0.1, -0.05) is 0 Å². The molecule has 2 aromatic heterocycles. The number of nitrogens with zero attached hydrogens (tertiary/aromatic N) is 5. The molecule has 0 fully saturated rings. The van der Waals surface area contributed by atoms with Crippen LogP contribution in [0.15, 0.2) is 23.4 Å². The summed E-state index contributed by atoms with van der Waals surface area (Å²) in [5.74, 6) is 0. The Morgan fingerprint density at radius 1 is 1.40 bits per heavy atom. The monoisotopic (exact) mass is 297 g/mol. The average Bonchev–Trinajstić information content (AvgIpc) is 2.95. The van der Waals surface area contributed by atoms with Crippen LogP contribution in [0.5, 0.6) is 0 Å². The molecular weight excluding hydrogens is 278 g/mol. The van der Waals surface area contributed by atoms with Crippen molar-refractivity contribution >= 4 is 10.0 Å². The van der Waals surface area contributed by atoms with E-state index in [4.69, 9.17) is 0 Å². The van der Waals surface area contributed by atoms with Crippen molar-refractivity contribution in [1.82, 2.24) is 23.9 Å². The lowest BCUT2D eigenvalue weighted by atomic mass is 10.4. The first-order valence-corrected chi connectivity index (χ1v) is 7.77. The van der Waals surface area contributed by atoms with Gasteiger partial charge in [-0.05, 0) is 19.9 Å². The molecule has 8 heteroatoms. The van der Waals surface area contributed by atoms with Gasteiger partial charge in [0.05, 0.1) is 17.9 Å². The molecule has 0 aliphatic heterocycles. The van der Waals surface area contributed by atoms with E-state index >= 15 is 0 Å². The Morgan fingerprint density at radius 3 is 2.65 bits per heavy atom. The first kappa shape index (κ1) is 14.7. The minimum absolute atomic E-state index is 0.241. The van der Waals surface area contributed by atoms with Crippen LogP contribution in [0.2, 0.25) is 0 Å². The van der Waals surface area contributed by atoms with E-state index in [1.165, 1.54) is 15.2 Å². The molecule has 0 atom stereocenters. The summed E-state index contributed by atoms with van der Waals surface area (Å²) in [6, 6.07) is 1.83. The first-order valence-electron chi connectivity index (χ1n) is 6.33. The smallest absolute Gasteiger partial charge is 0.246 e. The summed E-state index contributed by atoms with van der Waals surface area (Å²) in [5.41, 5.74) is 1.36. The Morgan fingerprint density at radius 2 is 2.10 bits per heavy atom. The predicted octanol–water partition coefficient (Wildman–Crippen LogP) is 0.766. The van der Waals surface area contributed by atoms with E-state index in [-0.39, 0.29) is 11.4 Å². The molecular formula is C12H19N5O2S. The van der Waals surface area contributed by atoms with E-state index in [1.54, 1.807) is 31.9 Å². The van der Waals surface area contributed by atoms with Crippen LogP contribution in [0.3, 0.4) is 0 Å². The highest BCUT2D eigenvalue weighted by molar-refractivity contribution is 7.89. The van der Waals surface area contributed by atoms with Crippen molar-refractivity contribution in [3.63, 3.8) is 0 Å². The summed E-state index contributed by atoms with van der Waals surface area (Å²) in [5, 5.41) is 8.23. The van der Waals surface area contributed by atoms with Crippen LogP contribution in [0.25, 0.3) is 0 Å². The van der Waals surface area contributed by atoms with Crippen LogP contribution in [0.1, 0.15) is 18.3 Å². The normalized spacial score (nSPS) is 12.2. The van der Waals surface area contributed by atoms with Gasteiger partial charge in [-0.25, -0.2) is 8.42 Å². The van der Waals surface area contributed by atoms with Crippen molar-refractivity contribution in [2.75, 3.05) is 7.05 Å². The largest absolute Gasteiger partial charge is 0.274 e. The maximum absolute atomic E-state index is 12.5. The van der Waals surface area contributed by atoms with Gasteiger partial charge in [0.25, 0.3) is 0 Å². The summed E-state index contributed by atoms with van der Waals surface area (Å²) in [6.45, 7) is 4.65. The van der Waals surface area contributed by atoms with Crippen molar-refractivity contribution < 1.29 is 8.42 Å². The molecule has 0 bridgehead atoms. The molecule has 2 rings (SSSR count). The van der Waals surface area contributed by atoms with E-state index in [2.05, 4.69) is 10.2 Å². The average molecular weight is 297 g/mol. The van der Waals surface area contributed by atoms with Gasteiger partial charge in [-0.2, -0.15) is 14.5 Å². The molecule has 0 radical (unpaired) electrons. The van der Waals surface area contributed by atoms with E-state index in [0.717, 1.165) is 5.69 Å². The second-order valence-corrected chi connectivity index (χ2v) is 6.67. The van der Waals surface area contributed by atoms with Crippen molar-refractivity contribution in [2.45, 2.75) is 31.8 Å². The molecule has 0 N–H and O–H groups in total. The molecule has 7 nitrogen and oxygen atoms in total. The number of aryl methyl sites for hydroxylation is 3. The van der Waals surface area contributed by atoms with E-state index in [9.17, 15) is 8.42 Å². The van der Waals surface area contributed by atoms with Gasteiger partial charge < -0.3 is 0 Å². The van der Waals surface area contributed by atoms with Gasteiger partial charge in [0.15, 0.2) is 0 Å². The Labute approximate surface area is 118 Å². The number of sulfonamides is 1. The van der Waals surface area contributed by atoms with Crippen LogP contribution in [-0.2, 0) is 30.2 Å². The number of hydrogen-bond donors (Lipinski definition) is 0. The molecule has 2 aromatic rings. The highest BCUT2D eigenvalue weighted by Crippen LogP contribution is 2.19. The molecule has 20 heavy (non-hydrogen) atoms. The zero-order valence-electron chi connectivity index (χ0n) is 12.1. The fourth-order valence-electron chi connectivity index (χ4n) is 2.09. The summed E-state index contributed by atoms with van der Waals surface area (Å²) in [4.78, 5) is 0.241. The van der Waals surface area contributed by atoms with Gasteiger partial charge in [0, 0.05) is 33.0 Å². The molecule has 0 aliphatic carbocycles. The summed E-state index contributed by atoms with van der Waals surface area (Å²) >= 11 is 0. The van der Waals surface area contributed by atoms with Crippen molar-refractivity contribution in [1.29, 1.82) is 0 Å². The van der Waals surface area contributed by atoms with Crippen LogP contribution in [-0.4, -0.2) is 39.3 Å². The Bertz CT molecular complexity index is 701. The molecule has 0 aliphatic rings. The third-order valence-corrected chi connectivity index (χ3v) is 5.05. The highest BCUT2D eigenvalue weighted by Gasteiger charge is 2.25. The van der Waals surface area contributed by atoms with Crippen molar-refractivity contribution in [3.8, 4) is 0 Å². The highest BCUT2D eigenvalue weighted by atomic mass is 32.2. The van der Waals surface area contributed by atoms with E-state index < -0.39 is 10.0 Å². The van der Waals surface area contributed by atoms with Crippen LogP contribution in [0.4, 0.5) is 0 Å². The van der Waals surface area contributed by atoms with Crippen molar-refractivity contribution in [3.05, 3.63) is 29.8 Å². The lowest BCUT2D eigenvalue weighted by Crippen LogP contribution is -2.28. The summed E-state index contributed by atoms with van der Waals surface area (Å²) in [7, 11) is -0.270. The molecule has 0 unspecified atom stereocenters. The second-order valence-electron chi connectivity index (χ2n) is 4.65. The van der Waals surface area contributed by atoms with Gasteiger partial charge in [-0.15, -0.1) is 0 Å². The second kappa shape index (κ2) is 5.37. The minimum Gasteiger partial charge on any atom is -0.274 e. The summed E-state index contributed by atoms with van der Waals surface area (Å²) in [6.07, 6.45) is 3.20. The summed E-state index contributed by atoms with van der Waals surface area (Å²) < 4.78 is 29.7. The van der Waals surface area contributed by atoms with Gasteiger partial charge in [0.2, 0.25) is 10.0 Å². The number of rotatable bonds is 5. The minimum atomic E-state index is -3.54. The number of hydrogen-bond acceptors (Lipinski definition) is 4. The van der Waals surface area contributed by atoms with Crippen LogP contribution in [0, 0.1) is 6.92 Å². The van der Waals surface area contributed by atoms with Gasteiger partial charge in [0.1, 0.15) is 4.90 Å². The maximum Gasteiger partial charge on any atom is 0.246 e. The predicted molar refractivity (Wildman–Crippen MR) is 74.5 cm³/mol. The SMILES string of the molecule is CCn1nccc1CN(C)S(=O)(=O)c1cn(C)nc1C. The molecule has 0 spiro atoms. The topological polar surface area (TPSA) is 73.0 Å². The third-order valence-electron chi connectivity index (χ3n) is 3.15. The van der Waals surface area contributed by atoms with Crippen LogP contribution < -0.4 is 0 Å². The zero-order valence-corrected chi connectivity index (χ0v) is 12.9. The fourth-order valence-corrected chi connectivity index (χ4v) is 3.43. The third kappa shape index (κ3) is 2.61. The maximum atomic E-state index is 12.5. The molecule has 2 heterocycles. The lowest BCUT2D eigenvalue weighted by molar-refractivity contribution is 0.446. The quantitative estimate of drug-likeness (QED) is 0.817. The molecule has 0 saturated carbocycles. The van der Waals surface area contributed by atoms with Gasteiger partial charge in [-0.3, -0.25) is 9.36 Å². The zero-order chi connectivity index (χ0) is 14.9. The molecule has 0 saturated heterocycles. The standard InChI is InChI=1S/C12H19N5O2S/c1-5-17-11(6-7-13-17)8-16(4)20(18,19)12-9-15(3)14-10(12)2/h6-7,9H,5,8H2,1-4H3.